The third-order valence-electron chi connectivity index (χ3n) is 5.06. The lowest BCUT2D eigenvalue weighted by Crippen LogP contribution is -2.52. The molecule has 1 saturated carbocycles. The summed E-state index contributed by atoms with van der Waals surface area (Å²) in [5.74, 6) is -1.10. The molecule has 0 spiro atoms. The van der Waals surface area contributed by atoms with E-state index in [1.165, 1.54) is 6.07 Å². The van der Waals surface area contributed by atoms with Crippen LogP contribution in [0.2, 0.25) is 0 Å². The molecule has 2 aliphatic rings. The van der Waals surface area contributed by atoms with Crippen molar-refractivity contribution in [3.8, 4) is 0 Å². The summed E-state index contributed by atoms with van der Waals surface area (Å²) in [7, 11) is 0. The Morgan fingerprint density at radius 1 is 1.28 bits per heavy atom. The first-order valence-electron chi connectivity index (χ1n) is 8.50. The van der Waals surface area contributed by atoms with Crippen LogP contribution in [0.25, 0.3) is 0 Å². The summed E-state index contributed by atoms with van der Waals surface area (Å²) in [6, 6.07) is 6.56. The highest BCUT2D eigenvalue weighted by Gasteiger charge is 2.55. The second-order valence-corrected chi connectivity index (χ2v) is 6.92. The Morgan fingerprint density at radius 2 is 1.96 bits per heavy atom. The predicted molar refractivity (Wildman–Crippen MR) is 87.0 cm³/mol. The highest BCUT2D eigenvalue weighted by atomic mass is 19.4. The number of carbonyl (C=O) groups excluding carboxylic acids is 1. The lowest BCUT2D eigenvalue weighted by Gasteiger charge is -2.40. The molecule has 0 bridgehead atoms. The zero-order chi connectivity index (χ0) is 18.2. The van der Waals surface area contributed by atoms with E-state index in [9.17, 15) is 23.1 Å². The van der Waals surface area contributed by atoms with Gasteiger partial charge in [-0.2, -0.15) is 23.3 Å². The quantitative estimate of drug-likeness (QED) is 0.872. The number of alkyl halides is 3. The third kappa shape index (κ3) is 3.42. The smallest absolute Gasteiger partial charge is 0.368 e. The van der Waals surface area contributed by atoms with Gasteiger partial charge in [-0.1, -0.05) is 37.0 Å². The minimum absolute atomic E-state index is 0.224. The lowest BCUT2D eigenvalue weighted by atomic mass is 9.79. The zero-order valence-corrected chi connectivity index (χ0v) is 14.0. The van der Waals surface area contributed by atoms with Crippen LogP contribution in [-0.4, -0.2) is 33.6 Å². The van der Waals surface area contributed by atoms with Crippen molar-refractivity contribution in [2.24, 2.45) is 11.0 Å². The van der Waals surface area contributed by atoms with Gasteiger partial charge in [0.05, 0.1) is 0 Å². The Labute approximate surface area is 144 Å². The molecule has 0 aromatic heterocycles. The van der Waals surface area contributed by atoms with E-state index in [4.69, 9.17) is 0 Å². The molecule has 1 aliphatic carbocycles. The van der Waals surface area contributed by atoms with Crippen LogP contribution in [0.3, 0.4) is 0 Å². The van der Waals surface area contributed by atoms with E-state index in [0.29, 0.717) is 17.9 Å². The van der Waals surface area contributed by atoms with Gasteiger partial charge in [0.2, 0.25) is 0 Å². The molecule has 1 aromatic rings. The van der Waals surface area contributed by atoms with Crippen molar-refractivity contribution in [2.75, 3.05) is 0 Å². The second kappa shape index (κ2) is 6.44. The van der Waals surface area contributed by atoms with Crippen molar-refractivity contribution in [2.45, 2.75) is 57.3 Å². The van der Waals surface area contributed by atoms with E-state index >= 15 is 0 Å². The number of aryl methyl sites for hydroxylation is 1. The molecular weight excluding hydrogens is 333 g/mol. The number of nitrogens with zero attached hydrogens (tertiary/aromatic N) is 2. The number of hydrogen-bond acceptors (Lipinski definition) is 3. The molecule has 1 atom stereocenters. The fourth-order valence-electron chi connectivity index (χ4n) is 3.72. The number of hydrazone groups is 1. The van der Waals surface area contributed by atoms with Gasteiger partial charge >= 0.3 is 6.18 Å². The van der Waals surface area contributed by atoms with Crippen molar-refractivity contribution in [1.82, 2.24) is 5.01 Å². The molecule has 25 heavy (non-hydrogen) atoms. The summed E-state index contributed by atoms with van der Waals surface area (Å²) in [6.07, 6.45) is -1.49. The summed E-state index contributed by atoms with van der Waals surface area (Å²) in [6.45, 7) is 1.79. The van der Waals surface area contributed by atoms with Crippen molar-refractivity contribution in [3.63, 3.8) is 0 Å². The normalized spacial score (nSPS) is 25.2. The fourth-order valence-corrected chi connectivity index (χ4v) is 3.72. The topological polar surface area (TPSA) is 52.9 Å². The van der Waals surface area contributed by atoms with Gasteiger partial charge in [-0.3, -0.25) is 4.79 Å². The average molecular weight is 354 g/mol. The van der Waals surface area contributed by atoms with Crippen molar-refractivity contribution >= 4 is 11.6 Å². The average Bonchev–Trinajstić information content (AvgIpc) is 2.94. The van der Waals surface area contributed by atoms with E-state index in [1.807, 2.05) is 0 Å². The number of aliphatic hydroxyl groups is 1. The molecule has 3 rings (SSSR count). The molecule has 7 heteroatoms. The predicted octanol–water partition coefficient (Wildman–Crippen LogP) is 4.03. The van der Waals surface area contributed by atoms with Crippen molar-refractivity contribution in [3.05, 3.63) is 35.4 Å². The Morgan fingerprint density at radius 3 is 2.56 bits per heavy atom. The maximum atomic E-state index is 13.2. The van der Waals surface area contributed by atoms with E-state index in [2.05, 4.69) is 5.10 Å². The van der Waals surface area contributed by atoms with Crippen LogP contribution < -0.4 is 0 Å². The molecule has 136 valence electrons. The molecule has 1 amide bonds. The first kappa shape index (κ1) is 17.9. The van der Waals surface area contributed by atoms with Crippen LogP contribution in [0.15, 0.2) is 29.4 Å². The molecule has 1 aromatic carbocycles. The largest absolute Gasteiger partial charge is 0.431 e. The Kier molecular flexibility index (Phi) is 4.62. The van der Waals surface area contributed by atoms with Gasteiger partial charge < -0.3 is 5.11 Å². The molecule has 1 fully saturated rings. The molecule has 1 N–H and O–H groups in total. The van der Waals surface area contributed by atoms with Crippen molar-refractivity contribution in [1.29, 1.82) is 0 Å². The van der Waals surface area contributed by atoms with Crippen LogP contribution >= 0.6 is 0 Å². The number of hydrogen-bond donors (Lipinski definition) is 1. The van der Waals surface area contributed by atoms with Crippen LogP contribution in [0.5, 0.6) is 0 Å². The van der Waals surface area contributed by atoms with Gasteiger partial charge in [0, 0.05) is 17.9 Å². The number of halogens is 3. The van der Waals surface area contributed by atoms with E-state index in [0.717, 1.165) is 24.8 Å². The maximum Gasteiger partial charge on any atom is 0.431 e. The Bertz CT molecular complexity index is 696. The Hall–Kier alpha value is -1.89. The van der Waals surface area contributed by atoms with Crippen molar-refractivity contribution < 1.29 is 23.1 Å². The first-order chi connectivity index (χ1) is 11.7. The van der Waals surface area contributed by atoms with E-state index in [1.54, 1.807) is 25.1 Å². The lowest BCUT2D eigenvalue weighted by molar-refractivity contribution is -0.123. The van der Waals surface area contributed by atoms with Crippen LogP contribution in [-0.2, 0) is 0 Å². The molecule has 0 radical (unpaired) electrons. The molecule has 1 heterocycles. The van der Waals surface area contributed by atoms with Gasteiger partial charge in [0.15, 0.2) is 5.72 Å². The summed E-state index contributed by atoms with van der Waals surface area (Å²) >= 11 is 0. The second-order valence-electron chi connectivity index (χ2n) is 6.92. The highest BCUT2D eigenvalue weighted by molar-refractivity contribution is 5.99. The number of rotatable bonds is 2. The molecule has 4 nitrogen and oxygen atoms in total. The minimum Gasteiger partial charge on any atom is -0.368 e. The minimum atomic E-state index is -4.66. The molecule has 1 aliphatic heterocycles. The van der Waals surface area contributed by atoms with Crippen LogP contribution in [0.4, 0.5) is 13.2 Å². The van der Waals surface area contributed by atoms with Gasteiger partial charge in [0.1, 0.15) is 5.71 Å². The molecular formula is C18H21F3N2O2. The standard InChI is InChI=1S/C18H21F3N2O2/c1-12-6-5-7-13(10-12)16(24)23-17(25,14-8-3-2-4-9-14)11-15(22-23)18(19,20)21/h5-7,10,14,25H,2-4,8-9,11H2,1H3/t17-/m0/s1. The fraction of sp³-hybridized carbons (Fsp3) is 0.556. The monoisotopic (exact) mass is 354 g/mol. The zero-order valence-electron chi connectivity index (χ0n) is 14.0. The number of benzene rings is 1. The van der Waals surface area contributed by atoms with Crippen LogP contribution in [0, 0.1) is 12.8 Å². The summed E-state index contributed by atoms with van der Waals surface area (Å²) < 4.78 is 39.6. The SMILES string of the molecule is Cc1cccc(C(=O)N2N=C(C(F)(F)F)C[C@]2(O)C2CCCCC2)c1. The van der Waals surface area contributed by atoms with Gasteiger partial charge in [0.25, 0.3) is 5.91 Å². The first-order valence-corrected chi connectivity index (χ1v) is 8.50. The van der Waals surface area contributed by atoms with Gasteiger partial charge in [-0.15, -0.1) is 0 Å². The van der Waals surface area contributed by atoms with E-state index in [-0.39, 0.29) is 5.56 Å². The van der Waals surface area contributed by atoms with E-state index < -0.39 is 35.9 Å². The summed E-state index contributed by atoms with van der Waals surface area (Å²) in [4.78, 5) is 12.8. The summed E-state index contributed by atoms with van der Waals surface area (Å²) in [5, 5.41) is 15.3. The number of amides is 1. The molecule has 0 saturated heterocycles. The third-order valence-corrected chi connectivity index (χ3v) is 5.06. The van der Waals surface area contributed by atoms with Gasteiger partial charge in [-0.25, -0.2) is 0 Å². The molecule has 0 unspecified atom stereocenters. The maximum absolute atomic E-state index is 13.2. The number of carbonyl (C=O) groups is 1. The highest BCUT2D eigenvalue weighted by Crippen LogP contribution is 2.43. The summed E-state index contributed by atoms with van der Waals surface area (Å²) in [5.41, 5.74) is -1.97. The van der Waals surface area contributed by atoms with Gasteiger partial charge in [-0.05, 0) is 31.9 Å². The van der Waals surface area contributed by atoms with Crippen LogP contribution in [0.1, 0.15) is 54.4 Å². The Balaban J connectivity index is 1.98.